The van der Waals surface area contributed by atoms with Gasteiger partial charge in [-0.25, -0.2) is 4.98 Å². The number of anilines is 2. The Morgan fingerprint density at radius 2 is 1.85 bits per heavy atom. The van der Waals surface area contributed by atoms with Gasteiger partial charge in [-0.05, 0) is 18.1 Å². The number of aromatic nitrogens is 4. The summed E-state index contributed by atoms with van der Waals surface area (Å²) < 4.78 is 12.7. The van der Waals surface area contributed by atoms with Gasteiger partial charge in [0, 0.05) is 6.54 Å². The molecule has 0 unspecified atom stereocenters. The van der Waals surface area contributed by atoms with E-state index >= 15 is 0 Å². The van der Waals surface area contributed by atoms with Gasteiger partial charge in [0.1, 0.15) is 17.0 Å². The van der Waals surface area contributed by atoms with Crippen molar-refractivity contribution in [2.45, 2.75) is 20.4 Å². The molecule has 0 saturated carbocycles. The zero-order chi connectivity index (χ0) is 18.7. The number of nitrogens with zero attached hydrogens (tertiary/aromatic N) is 4. The van der Waals surface area contributed by atoms with Crippen molar-refractivity contribution in [2.24, 2.45) is 5.92 Å². The molecule has 0 bridgehead atoms. The van der Waals surface area contributed by atoms with Gasteiger partial charge in [0.05, 0.1) is 32.5 Å². The lowest BCUT2D eigenvalue weighted by Crippen LogP contribution is -2.11. The van der Waals surface area contributed by atoms with Crippen molar-refractivity contribution in [1.82, 2.24) is 19.7 Å². The minimum absolute atomic E-state index is 0.221. The molecule has 138 valence electrons. The number of nitrogen functional groups attached to an aromatic ring is 1. The average molecular weight is 356 g/mol. The van der Waals surface area contributed by atoms with E-state index in [1.807, 2.05) is 24.4 Å². The number of hydrogen-bond donors (Lipinski definition) is 2. The molecule has 1 aromatic carbocycles. The van der Waals surface area contributed by atoms with E-state index in [9.17, 15) is 0 Å². The van der Waals surface area contributed by atoms with Crippen LogP contribution in [0.5, 0.6) is 11.5 Å². The van der Waals surface area contributed by atoms with Crippen LogP contribution in [-0.4, -0.2) is 40.5 Å². The Bertz CT molecular complexity index is 884. The zero-order valence-electron chi connectivity index (χ0n) is 15.5. The fraction of sp³-hybridized carbons (Fsp3) is 0.389. The Balaban J connectivity index is 1.99. The van der Waals surface area contributed by atoms with Crippen molar-refractivity contribution in [3.63, 3.8) is 0 Å². The van der Waals surface area contributed by atoms with Crippen LogP contribution in [0.4, 0.5) is 11.8 Å². The first kappa shape index (κ1) is 17.8. The van der Waals surface area contributed by atoms with Gasteiger partial charge in [-0.3, -0.25) is 4.68 Å². The summed E-state index contributed by atoms with van der Waals surface area (Å²) in [6, 6.07) is 5.68. The van der Waals surface area contributed by atoms with E-state index < -0.39 is 0 Å². The summed E-state index contributed by atoms with van der Waals surface area (Å²) in [6.45, 7) is 5.51. The number of nitrogens with two attached hydrogens (primary N) is 1. The Morgan fingerprint density at radius 3 is 2.46 bits per heavy atom. The third kappa shape index (κ3) is 3.63. The van der Waals surface area contributed by atoms with Crippen LogP contribution in [0.25, 0.3) is 11.0 Å². The molecule has 0 fully saturated rings. The molecule has 3 N–H and O–H groups in total. The topological polar surface area (TPSA) is 100 Å². The van der Waals surface area contributed by atoms with Gasteiger partial charge in [0.15, 0.2) is 11.3 Å². The summed E-state index contributed by atoms with van der Waals surface area (Å²) in [6.07, 6.45) is 1.85. The Kier molecular flexibility index (Phi) is 5.11. The summed E-state index contributed by atoms with van der Waals surface area (Å²) in [7, 11) is 3.27. The highest BCUT2D eigenvalue weighted by Gasteiger charge is 2.15. The third-order valence-electron chi connectivity index (χ3n) is 3.96. The van der Waals surface area contributed by atoms with Gasteiger partial charge in [0.2, 0.25) is 5.95 Å². The summed E-state index contributed by atoms with van der Waals surface area (Å²) >= 11 is 0. The van der Waals surface area contributed by atoms with Crippen molar-refractivity contribution in [3.8, 4) is 11.5 Å². The maximum Gasteiger partial charge on any atom is 0.222 e. The van der Waals surface area contributed by atoms with Crippen LogP contribution in [-0.2, 0) is 6.54 Å². The molecule has 8 nitrogen and oxygen atoms in total. The number of fused-ring (bicyclic) bond motifs is 1. The second-order valence-corrected chi connectivity index (χ2v) is 6.41. The second-order valence-electron chi connectivity index (χ2n) is 6.41. The molecule has 2 aromatic heterocycles. The van der Waals surface area contributed by atoms with E-state index in [1.165, 1.54) is 0 Å². The normalized spacial score (nSPS) is 11.1. The molecule has 0 spiro atoms. The number of methoxy groups -OCH3 is 2. The Hall–Kier alpha value is -3.03. The fourth-order valence-electron chi connectivity index (χ4n) is 2.73. The van der Waals surface area contributed by atoms with Gasteiger partial charge < -0.3 is 20.5 Å². The SMILES string of the molecule is COc1cccc(OC)c1Cn1cc2nc(N)nc(NCC(C)C)c2n1. The van der Waals surface area contributed by atoms with Crippen molar-refractivity contribution >= 4 is 22.8 Å². The molecule has 0 aliphatic carbocycles. The first-order chi connectivity index (χ1) is 12.5. The van der Waals surface area contributed by atoms with Crippen LogP contribution >= 0.6 is 0 Å². The highest BCUT2D eigenvalue weighted by Crippen LogP contribution is 2.29. The molecule has 0 aliphatic heterocycles. The molecule has 26 heavy (non-hydrogen) atoms. The zero-order valence-corrected chi connectivity index (χ0v) is 15.5. The molecular weight excluding hydrogens is 332 g/mol. The van der Waals surface area contributed by atoms with Gasteiger partial charge in [-0.2, -0.15) is 10.1 Å². The van der Waals surface area contributed by atoms with Crippen molar-refractivity contribution in [2.75, 3.05) is 31.8 Å². The minimum atomic E-state index is 0.221. The van der Waals surface area contributed by atoms with Crippen LogP contribution in [0.3, 0.4) is 0 Å². The maximum absolute atomic E-state index is 5.84. The van der Waals surface area contributed by atoms with Gasteiger partial charge in [-0.15, -0.1) is 0 Å². The lowest BCUT2D eigenvalue weighted by atomic mass is 10.1. The maximum atomic E-state index is 5.84. The molecule has 0 saturated heterocycles. The van der Waals surface area contributed by atoms with Crippen molar-refractivity contribution in [1.29, 1.82) is 0 Å². The van der Waals surface area contributed by atoms with Crippen LogP contribution in [0.15, 0.2) is 24.4 Å². The molecular formula is C18H24N6O2. The standard InChI is InChI=1S/C18H24N6O2/c1-11(2)8-20-17-16-13(21-18(19)22-17)10-24(23-16)9-12-14(25-3)6-5-7-15(12)26-4/h5-7,10-11H,8-9H2,1-4H3,(H3,19,20,21,22). The Morgan fingerprint density at radius 1 is 1.15 bits per heavy atom. The van der Waals surface area contributed by atoms with Gasteiger partial charge in [-0.1, -0.05) is 19.9 Å². The monoisotopic (exact) mass is 356 g/mol. The molecule has 2 heterocycles. The second kappa shape index (κ2) is 7.47. The van der Waals surface area contributed by atoms with E-state index in [0.717, 1.165) is 23.6 Å². The molecule has 0 amide bonds. The molecule has 0 aliphatic rings. The van der Waals surface area contributed by atoms with E-state index in [1.54, 1.807) is 18.9 Å². The van der Waals surface area contributed by atoms with Crippen molar-refractivity contribution < 1.29 is 9.47 Å². The number of nitrogens with one attached hydrogen (secondary N) is 1. The molecule has 0 radical (unpaired) electrons. The lowest BCUT2D eigenvalue weighted by Gasteiger charge is -2.12. The van der Waals surface area contributed by atoms with E-state index in [4.69, 9.17) is 15.2 Å². The summed E-state index contributed by atoms with van der Waals surface area (Å²) in [5.74, 6) is 2.83. The lowest BCUT2D eigenvalue weighted by molar-refractivity contribution is 0.382. The summed E-state index contributed by atoms with van der Waals surface area (Å²) in [4.78, 5) is 8.58. The average Bonchev–Trinajstić information content (AvgIpc) is 3.02. The highest BCUT2D eigenvalue weighted by molar-refractivity contribution is 5.85. The Labute approximate surface area is 152 Å². The first-order valence-corrected chi connectivity index (χ1v) is 8.46. The quantitative estimate of drug-likeness (QED) is 0.671. The largest absolute Gasteiger partial charge is 0.496 e. The molecule has 3 aromatic rings. The van der Waals surface area contributed by atoms with E-state index in [0.29, 0.717) is 29.3 Å². The highest BCUT2D eigenvalue weighted by atomic mass is 16.5. The summed E-state index contributed by atoms with van der Waals surface area (Å²) in [5.41, 5.74) is 8.13. The molecule has 0 atom stereocenters. The van der Waals surface area contributed by atoms with Crippen LogP contribution in [0.1, 0.15) is 19.4 Å². The smallest absolute Gasteiger partial charge is 0.222 e. The van der Waals surface area contributed by atoms with Gasteiger partial charge >= 0.3 is 0 Å². The number of hydrogen-bond acceptors (Lipinski definition) is 7. The third-order valence-corrected chi connectivity index (χ3v) is 3.96. The predicted octanol–water partition coefficient (Wildman–Crippen LogP) is 2.54. The van der Waals surface area contributed by atoms with Crippen LogP contribution in [0.2, 0.25) is 0 Å². The van der Waals surface area contributed by atoms with Gasteiger partial charge in [0.25, 0.3) is 0 Å². The van der Waals surface area contributed by atoms with Crippen LogP contribution < -0.4 is 20.5 Å². The predicted molar refractivity (Wildman–Crippen MR) is 102 cm³/mol. The number of ether oxygens (including phenoxy) is 2. The van der Waals surface area contributed by atoms with Crippen LogP contribution in [0, 0.1) is 5.92 Å². The fourth-order valence-corrected chi connectivity index (χ4v) is 2.73. The number of rotatable bonds is 7. The molecule has 8 heteroatoms. The molecule has 3 rings (SSSR count). The minimum Gasteiger partial charge on any atom is -0.496 e. The first-order valence-electron chi connectivity index (χ1n) is 8.46. The van der Waals surface area contributed by atoms with E-state index in [2.05, 4.69) is 34.2 Å². The van der Waals surface area contributed by atoms with E-state index in [-0.39, 0.29) is 5.95 Å². The number of benzene rings is 1. The summed E-state index contributed by atoms with van der Waals surface area (Å²) in [5, 5.41) is 7.93. The van der Waals surface area contributed by atoms with Crippen molar-refractivity contribution in [3.05, 3.63) is 30.0 Å².